The molecule has 2 rings (SSSR count). The first kappa shape index (κ1) is 10.6. The first-order valence-electron chi connectivity index (χ1n) is 5.37. The molecule has 0 aromatic carbocycles. The van der Waals surface area contributed by atoms with E-state index in [4.69, 9.17) is 5.73 Å². The number of nitrogens with zero attached hydrogens (tertiary/aromatic N) is 3. The van der Waals surface area contributed by atoms with Crippen LogP contribution >= 0.6 is 0 Å². The molecule has 0 saturated carbocycles. The van der Waals surface area contributed by atoms with Crippen molar-refractivity contribution in [3.05, 3.63) is 11.6 Å². The third kappa shape index (κ3) is 1.89. The standard InChI is InChI=1S/C10H18N4O/c1-10(2,15)9-13-12-8-4-3-7(5-11)6-14(8)9/h7,15H,3-6,11H2,1-2H3. The molecule has 84 valence electrons. The van der Waals surface area contributed by atoms with Gasteiger partial charge >= 0.3 is 0 Å². The van der Waals surface area contributed by atoms with E-state index in [0.717, 1.165) is 25.2 Å². The summed E-state index contributed by atoms with van der Waals surface area (Å²) in [5, 5.41) is 18.1. The Labute approximate surface area is 89.3 Å². The molecule has 0 fully saturated rings. The van der Waals surface area contributed by atoms with Crippen molar-refractivity contribution in [1.82, 2.24) is 14.8 Å². The Morgan fingerprint density at radius 1 is 1.53 bits per heavy atom. The van der Waals surface area contributed by atoms with Gasteiger partial charge in [-0.1, -0.05) is 0 Å². The first-order chi connectivity index (χ1) is 7.02. The normalized spacial score (nSPS) is 21.5. The van der Waals surface area contributed by atoms with Crippen LogP contribution in [0.3, 0.4) is 0 Å². The van der Waals surface area contributed by atoms with Crippen molar-refractivity contribution in [2.24, 2.45) is 11.7 Å². The van der Waals surface area contributed by atoms with E-state index in [-0.39, 0.29) is 0 Å². The third-order valence-corrected chi connectivity index (χ3v) is 2.92. The maximum atomic E-state index is 9.94. The minimum Gasteiger partial charge on any atom is -0.382 e. The summed E-state index contributed by atoms with van der Waals surface area (Å²) in [6, 6.07) is 0. The maximum absolute atomic E-state index is 9.94. The van der Waals surface area contributed by atoms with Crippen LogP contribution in [0.5, 0.6) is 0 Å². The average Bonchev–Trinajstić information content (AvgIpc) is 2.59. The van der Waals surface area contributed by atoms with Gasteiger partial charge in [-0.25, -0.2) is 0 Å². The fourth-order valence-electron chi connectivity index (χ4n) is 2.04. The highest BCUT2D eigenvalue weighted by molar-refractivity contribution is 5.06. The van der Waals surface area contributed by atoms with E-state index in [2.05, 4.69) is 10.2 Å². The monoisotopic (exact) mass is 210 g/mol. The molecule has 1 atom stereocenters. The topological polar surface area (TPSA) is 77.0 Å². The molecule has 1 aromatic heterocycles. The highest BCUT2D eigenvalue weighted by Crippen LogP contribution is 2.24. The smallest absolute Gasteiger partial charge is 0.164 e. The van der Waals surface area contributed by atoms with E-state index in [1.54, 1.807) is 13.8 Å². The second kappa shape index (κ2) is 3.57. The SMILES string of the molecule is CC(C)(O)c1nnc2n1CC(CN)CC2. The van der Waals surface area contributed by atoms with E-state index in [9.17, 15) is 5.11 Å². The molecule has 0 amide bonds. The van der Waals surface area contributed by atoms with Crippen LogP contribution in [0.15, 0.2) is 0 Å². The quantitative estimate of drug-likeness (QED) is 0.722. The number of hydrogen-bond donors (Lipinski definition) is 2. The number of aromatic nitrogens is 3. The van der Waals surface area contributed by atoms with Crippen molar-refractivity contribution in [1.29, 1.82) is 0 Å². The molecule has 15 heavy (non-hydrogen) atoms. The van der Waals surface area contributed by atoms with Crippen molar-refractivity contribution >= 4 is 0 Å². The summed E-state index contributed by atoms with van der Waals surface area (Å²) in [6.45, 7) is 4.98. The average molecular weight is 210 g/mol. The molecule has 0 saturated heterocycles. The van der Waals surface area contributed by atoms with Crippen LogP contribution in [-0.2, 0) is 18.6 Å². The van der Waals surface area contributed by atoms with Gasteiger partial charge in [0.2, 0.25) is 0 Å². The fraction of sp³-hybridized carbons (Fsp3) is 0.800. The molecule has 5 nitrogen and oxygen atoms in total. The van der Waals surface area contributed by atoms with Gasteiger partial charge in [-0.3, -0.25) is 0 Å². The van der Waals surface area contributed by atoms with Gasteiger partial charge in [0.15, 0.2) is 5.82 Å². The van der Waals surface area contributed by atoms with Crippen LogP contribution in [0.4, 0.5) is 0 Å². The van der Waals surface area contributed by atoms with Gasteiger partial charge in [-0.05, 0) is 32.7 Å². The molecule has 0 radical (unpaired) electrons. The second-order valence-corrected chi connectivity index (χ2v) is 4.75. The number of fused-ring (bicyclic) bond motifs is 1. The van der Waals surface area contributed by atoms with Crippen LogP contribution in [0, 0.1) is 5.92 Å². The first-order valence-corrected chi connectivity index (χ1v) is 5.37. The summed E-state index contributed by atoms with van der Waals surface area (Å²) < 4.78 is 2.01. The number of aliphatic hydroxyl groups is 1. The molecule has 0 aliphatic carbocycles. The van der Waals surface area contributed by atoms with Crippen LogP contribution in [-0.4, -0.2) is 26.4 Å². The Morgan fingerprint density at radius 2 is 2.27 bits per heavy atom. The third-order valence-electron chi connectivity index (χ3n) is 2.92. The van der Waals surface area contributed by atoms with E-state index < -0.39 is 5.60 Å². The molecule has 1 aliphatic rings. The Bertz CT molecular complexity index is 353. The predicted molar refractivity (Wildman–Crippen MR) is 56.1 cm³/mol. The molecule has 5 heteroatoms. The summed E-state index contributed by atoms with van der Waals surface area (Å²) in [6.07, 6.45) is 1.98. The van der Waals surface area contributed by atoms with Crippen molar-refractivity contribution in [2.45, 2.75) is 38.8 Å². The summed E-state index contributed by atoms with van der Waals surface area (Å²) in [5.41, 5.74) is 4.74. The maximum Gasteiger partial charge on any atom is 0.164 e. The van der Waals surface area contributed by atoms with Crippen molar-refractivity contribution < 1.29 is 5.11 Å². The van der Waals surface area contributed by atoms with Gasteiger partial charge in [-0.2, -0.15) is 0 Å². The second-order valence-electron chi connectivity index (χ2n) is 4.75. The molecular formula is C10H18N4O. The van der Waals surface area contributed by atoms with Crippen molar-refractivity contribution in [3.8, 4) is 0 Å². The zero-order chi connectivity index (χ0) is 11.1. The zero-order valence-electron chi connectivity index (χ0n) is 9.27. The van der Waals surface area contributed by atoms with E-state index in [1.165, 1.54) is 0 Å². The minimum atomic E-state index is -0.929. The number of aryl methyl sites for hydroxylation is 1. The molecule has 2 heterocycles. The molecular weight excluding hydrogens is 192 g/mol. The largest absolute Gasteiger partial charge is 0.382 e. The molecule has 0 spiro atoms. The molecule has 3 N–H and O–H groups in total. The van der Waals surface area contributed by atoms with E-state index >= 15 is 0 Å². The summed E-state index contributed by atoms with van der Waals surface area (Å²) in [7, 11) is 0. The van der Waals surface area contributed by atoms with Crippen molar-refractivity contribution in [3.63, 3.8) is 0 Å². The van der Waals surface area contributed by atoms with Crippen LogP contribution in [0.2, 0.25) is 0 Å². The lowest BCUT2D eigenvalue weighted by atomic mass is 9.98. The highest BCUT2D eigenvalue weighted by Gasteiger charge is 2.29. The van der Waals surface area contributed by atoms with Gasteiger partial charge in [-0.15, -0.1) is 10.2 Å². The Morgan fingerprint density at radius 3 is 2.87 bits per heavy atom. The number of nitrogens with two attached hydrogens (primary N) is 1. The minimum absolute atomic E-state index is 0.481. The van der Waals surface area contributed by atoms with E-state index in [0.29, 0.717) is 18.3 Å². The van der Waals surface area contributed by atoms with Gasteiger partial charge in [0.05, 0.1) is 0 Å². The molecule has 1 aromatic rings. The lowest BCUT2D eigenvalue weighted by molar-refractivity contribution is 0.0624. The summed E-state index contributed by atoms with van der Waals surface area (Å²) >= 11 is 0. The zero-order valence-corrected chi connectivity index (χ0v) is 9.27. The number of rotatable bonds is 2. The van der Waals surface area contributed by atoms with Crippen molar-refractivity contribution in [2.75, 3.05) is 6.54 Å². The Balaban J connectivity index is 2.34. The summed E-state index contributed by atoms with van der Waals surface area (Å²) in [4.78, 5) is 0. The Kier molecular flexibility index (Phi) is 2.52. The fourth-order valence-corrected chi connectivity index (χ4v) is 2.04. The lowest BCUT2D eigenvalue weighted by Gasteiger charge is -2.26. The van der Waals surface area contributed by atoms with Gasteiger partial charge in [0.1, 0.15) is 11.4 Å². The van der Waals surface area contributed by atoms with Crippen LogP contribution in [0.1, 0.15) is 31.9 Å². The molecule has 1 aliphatic heterocycles. The number of hydrogen-bond acceptors (Lipinski definition) is 4. The summed E-state index contributed by atoms with van der Waals surface area (Å²) in [5.74, 6) is 2.10. The van der Waals surface area contributed by atoms with Gasteiger partial charge < -0.3 is 15.4 Å². The van der Waals surface area contributed by atoms with Crippen LogP contribution in [0.25, 0.3) is 0 Å². The predicted octanol–water partition coefficient (Wildman–Crippen LogP) is 0.0266. The van der Waals surface area contributed by atoms with Crippen LogP contribution < -0.4 is 5.73 Å². The highest BCUT2D eigenvalue weighted by atomic mass is 16.3. The van der Waals surface area contributed by atoms with Gasteiger partial charge in [0.25, 0.3) is 0 Å². The lowest BCUT2D eigenvalue weighted by Crippen LogP contribution is -2.31. The van der Waals surface area contributed by atoms with Gasteiger partial charge in [0, 0.05) is 13.0 Å². The molecule has 0 bridgehead atoms. The Hall–Kier alpha value is -0.940. The van der Waals surface area contributed by atoms with E-state index in [1.807, 2.05) is 4.57 Å². The molecule has 1 unspecified atom stereocenters.